The molecular weight excluding hydrogens is 292 g/mol. The Morgan fingerprint density at radius 3 is 2.81 bits per heavy atom. The molecule has 2 aromatic rings. The van der Waals surface area contributed by atoms with Crippen LogP contribution in [0.3, 0.4) is 0 Å². The average molecular weight is 307 g/mol. The van der Waals surface area contributed by atoms with Gasteiger partial charge in [0.2, 0.25) is 5.91 Å². The number of nitrogens with one attached hydrogen (secondary N) is 1. The van der Waals surface area contributed by atoms with Crippen molar-refractivity contribution in [3.05, 3.63) is 52.5 Å². The standard InChI is InChI=1S/C15H15ClN2O3/c1-21-13-7-11(16)5-10(14(13)19)8-18-12-4-2-3-9(6-12)15(17)20/h2-7,18-19H,8H2,1H3,(H2,17,20). The molecule has 0 bridgehead atoms. The topological polar surface area (TPSA) is 84.6 Å². The van der Waals surface area contributed by atoms with Crippen LogP contribution < -0.4 is 15.8 Å². The molecule has 21 heavy (non-hydrogen) atoms. The number of methoxy groups -OCH3 is 1. The Hall–Kier alpha value is -2.40. The summed E-state index contributed by atoms with van der Waals surface area (Å²) in [6.45, 7) is 0.324. The highest BCUT2D eigenvalue weighted by Gasteiger charge is 2.10. The average Bonchev–Trinajstić information content (AvgIpc) is 2.48. The first kappa shape index (κ1) is 15.0. The van der Waals surface area contributed by atoms with Gasteiger partial charge in [0.25, 0.3) is 0 Å². The first-order chi connectivity index (χ1) is 10.0. The van der Waals surface area contributed by atoms with Gasteiger partial charge in [-0.2, -0.15) is 0 Å². The van der Waals surface area contributed by atoms with E-state index in [2.05, 4.69) is 5.32 Å². The summed E-state index contributed by atoms with van der Waals surface area (Å²) < 4.78 is 5.05. The molecule has 5 nitrogen and oxygen atoms in total. The van der Waals surface area contributed by atoms with Gasteiger partial charge in [-0.1, -0.05) is 17.7 Å². The fourth-order valence-electron chi connectivity index (χ4n) is 1.90. The summed E-state index contributed by atoms with van der Waals surface area (Å²) in [4.78, 5) is 11.1. The van der Waals surface area contributed by atoms with Gasteiger partial charge in [0.15, 0.2) is 11.5 Å². The van der Waals surface area contributed by atoms with Crippen molar-refractivity contribution in [1.82, 2.24) is 0 Å². The molecule has 0 spiro atoms. The van der Waals surface area contributed by atoms with Crippen LogP contribution in [0.25, 0.3) is 0 Å². The van der Waals surface area contributed by atoms with Crippen molar-refractivity contribution in [3.8, 4) is 11.5 Å². The van der Waals surface area contributed by atoms with E-state index in [4.69, 9.17) is 22.1 Å². The Balaban J connectivity index is 2.18. The molecule has 0 radical (unpaired) electrons. The van der Waals surface area contributed by atoms with Gasteiger partial charge in [0.05, 0.1) is 7.11 Å². The molecule has 0 aliphatic heterocycles. The summed E-state index contributed by atoms with van der Waals surface area (Å²) in [6.07, 6.45) is 0. The molecule has 0 unspecified atom stereocenters. The van der Waals surface area contributed by atoms with Crippen molar-refractivity contribution in [2.75, 3.05) is 12.4 Å². The van der Waals surface area contributed by atoms with E-state index in [1.807, 2.05) is 0 Å². The highest BCUT2D eigenvalue weighted by Crippen LogP contribution is 2.33. The summed E-state index contributed by atoms with van der Waals surface area (Å²) in [6, 6.07) is 9.97. The minimum atomic E-state index is -0.495. The van der Waals surface area contributed by atoms with Gasteiger partial charge in [-0.25, -0.2) is 0 Å². The fraction of sp³-hybridized carbons (Fsp3) is 0.133. The van der Waals surface area contributed by atoms with Crippen molar-refractivity contribution in [2.45, 2.75) is 6.54 Å². The molecule has 0 aliphatic carbocycles. The summed E-state index contributed by atoms with van der Waals surface area (Å²) >= 11 is 5.97. The Labute approximate surface area is 127 Å². The number of nitrogens with two attached hydrogens (primary N) is 1. The highest BCUT2D eigenvalue weighted by molar-refractivity contribution is 6.30. The molecule has 0 fully saturated rings. The molecule has 1 amide bonds. The molecule has 0 aliphatic rings. The van der Waals surface area contributed by atoms with Crippen LogP contribution in [0.15, 0.2) is 36.4 Å². The number of halogens is 1. The second kappa shape index (κ2) is 6.37. The second-order valence-electron chi connectivity index (χ2n) is 4.41. The molecule has 0 atom stereocenters. The van der Waals surface area contributed by atoms with Gasteiger partial charge < -0.3 is 20.9 Å². The lowest BCUT2D eigenvalue weighted by atomic mass is 10.1. The number of hydrogen-bond acceptors (Lipinski definition) is 4. The van der Waals surface area contributed by atoms with Crippen molar-refractivity contribution in [1.29, 1.82) is 0 Å². The van der Waals surface area contributed by atoms with Gasteiger partial charge in [-0.15, -0.1) is 0 Å². The minimum absolute atomic E-state index is 0.0282. The number of phenols is 1. The largest absolute Gasteiger partial charge is 0.504 e. The Morgan fingerprint density at radius 2 is 2.14 bits per heavy atom. The van der Waals surface area contributed by atoms with Crippen LogP contribution in [0.2, 0.25) is 5.02 Å². The number of anilines is 1. The molecule has 4 N–H and O–H groups in total. The normalized spacial score (nSPS) is 10.2. The van der Waals surface area contributed by atoms with E-state index >= 15 is 0 Å². The fourth-order valence-corrected chi connectivity index (χ4v) is 2.13. The van der Waals surface area contributed by atoms with Crippen LogP contribution in [-0.4, -0.2) is 18.1 Å². The number of amides is 1. The van der Waals surface area contributed by atoms with Crippen molar-refractivity contribution >= 4 is 23.2 Å². The number of hydrogen-bond donors (Lipinski definition) is 3. The van der Waals surface area contributed by atoms with Gasteiger partial charge in [0, 0.05) is 34.4 Å². The molecule has 0 saturated carbocycles. The predicted octanol–water partition coefficient (Wildman–Crippen LogP) is 2.77. The van der Waals surface area contributed by atoms with Crippen LogP contribution >= 0.6 is 11.6 Å². The van der Waals surface area contributed by atoms with Gasteiger partial charge in [-0.3, -0.25) is 4.79 Å². The molecule has 2 rings (SSSR count). The van der Waals surface area contributed by atoms with E-state index < -0.39 is 5.91 Å². The molecule has 110 valence electrons. The van der Waals surface area contributed by atoms with Crippen molar-refractivity contribution in [3.63, 3.8) is 0 Å². The quantitative estimate of drug-likeness (QED) is 0.793. The summed E-state index contributed by atoms with van der Waals surface area (Å²) in [5, 5.41) is 13.6. The SMILES string of the molecule is COc1cc(Cl)cc(CNc2cccc(C(N)=O)c2)c1O. The van der Waals surface area contributed by atoms with E-state index in [1.54, 1.807) is 30.3 Å². The second-order valence-corrected chi connectivity index (χ2v) is 4.85. The number of aromatic hydroxyl groups is 1. The lowest BCUT2D eigenvalue weighted by molar-refractivity contribution is 0.100. The Morgan fingerprint density at radius 1 is 1.38 bits per heavy atom. The third kappa shape index (κ3) is 3.58. The number of phenolic OH excluding ortho intramolecular Hbond substituents is 1. The molecule has 0 heterocycles. The Kier molecular flexibility index (Phi) is 4.55. The maximum atomic E-state index is 11.1. The molecule has 0 aromatic heterocycles. The van der Waals surface area contributed by atoms with E-state index in [9.17, 15) is 9.90 Å². The Bertz CT molecular complexity index is 674. The summed E-state index contributed by atoms with van der Waals surface area (Å²) in [7, 11) is 1.46. The zero-order chi connectivity index (χ0) is 15.4. The number of carbonyl (C=O) groups is 1. The molecule has 6 heteroatoms. The van der Waals surface area contributed by atoms with E-state index in [-0.39, 0.29) is 5.75 Å². The first-order valence-corrected chi connectivity index (χ1v) is 6.58. The summed E-state index contributed by atoms with van der Waals surface area (Å²) in [5.74, 6) is -0.156. The van der Waals surface area contributed by atoms with Gasteiger partial charge in [-0.05, 0) is 24.3 Å². The maximum Gasteiger partial charge on any atom is 0.248 e. The lowest BCUT2D eigenvalue weighted by Crippen LogP contribution is -2.11. The number of rotatable bonds is 5. The number of carbonyl (C=O) groups excluding carboxylic acids is 1. The van der Waals surface area contributed by atoms with E-state index in [0.29, 0.717) is 34.1 Å². The molecule has 0 saturated heterocycles. The van der Waals surface area contributed by atoms with Crippen LogP contribution in [0.4, 0.5) is 5.69 Å². The third-order valence-electron chi connectivity index (χ3n) is 2.97. The van der Waals surface area contributed by atoms with E-state index in [1.165, 1.54) is 13.2 Å². The van der Waals surface area contributed by atoms with Crippen LogP contribution in [0.5, 0.6) is 11.5 Å². The number of benzene rings is 2. The van der Waals surface area contributed by atoms with Gasteiger partial charge in [0.1, 0.15) is 0 Å². The van der Waals surface area contributed by atoms with Crippen LogP contribution in [-0.2, 0) is 6.54 Å². The minimum Gasteiger partial charge on any atom is -0.504 e. The van der Waals surface area contributed by atoms with Crippen LogP contribution in [0, 0.1) is 0 Å². The number of primary amides is 1. The first-order valence-electron chi connectivity index (χ1n) is 6.20. The molecular formula is C15H15ClN2O3. The monoisotopic (exact) mass is 306 g/mol. The lowest BCUT2D eigenvalue weighted by Gasteiger charge is -2.12. The van der Waals surface area contributed by atoms with Crippen molar-refractivity contribution in [2.24, 2.45) is 5.73 Å². The molecule has 2 aromatic carbocycles. The predicted molar refractivity (Wildman–Crippen MR) is 82.0 cm³/mol. The van der Waals surface area contributed by atoms with Gasteiger partial charge >= 0.3 is 0 Å². The van der Waals surface area contributed by atoms with Crippen molar-refractivity contribution < 1.29 is 14.6 Å². The van der Waals surface area contributed by atoms with E-state index in [0.717, 1.165) is 0 Å². The zero-order valence-corrected chi connectivity index (χ0v) is 12.1. The highest BCUT2D eigenvalue weighted by atomic mass is 35.5. The zero-order valence-electron chi connectivity index (χ0n) is 11.4. The third-order valence-corrected chi connectivity index (χ3v) is 3.19. The smallest absolute Gasteiger partial charge is 0.248 e. The maximum absolute atomic E-state index is 11.1. The van der Waals surface area contributed by atoms with Crippen LogP contribution in [0.1, 0.15) is 15.9 Å². The summed E-state index contributed by atoms with van der Waals surface area (Å²) in [5.41, 5.74) is 6.94. The number of ether oxygens (including phenoxy) is 1.